The van der Waals surface area contributed by atoms with Crippen LogP contribution in [-0.4, -0.2) is 40.7 Å². The van der Waals surface area contributed by atoms with Crippen molar-refractivity contribution in [3.63, 3.8) is 0 Å². The number of amides is 2. The summed E-state index contributed by atoms with van der Waals surface area (Å²) < 4.78 is 0. The molecule has 1 saturated carbocycles. The Hall–Kier alpha value is -2.04. The van der Waals surface area contributed by atoms with Crippen molar-refractivity contribution in [2.75, 3.05) is 13.1 Å². The molecule has 2 aromatic carbocycles. The van der Waals surface area contributed by atoms with Gasteiger partial charge in [0, 0.05) is 41.3 Å². The second-order valence-corrected chi connectivity index (χ2v) is 8.79. The fraction of sp³-hybridized carbons (Fsp3) is 0.391. The molecule has 6 heteroatoms. The van der Waals surface area contributed by atoms with Gasteiger partial charge in [-0.3, -0.25) is 9.59 Å². The zero-order valence-corrected chi connectivity index (χ0v) is 17.7. The van der Waals surface area contributed by atoms with Crippen molar-refractivity contribution in [1.29, 1.82) is 0 Å². The van der Waals surface area contributed by atoms with Crippen molar-refractivity contribution >= 4 is 35.0 Å². The second-order valence-electron chi connectivity index (χ2n) is 7.92. The minimum Gasteiger partial charge on any atom is -0.338 e. The Labute approximate surface area is 181 Å². The van der Waals surface area contributed by atoms with Gasteiger partial charge in [-0.2, -0.15) is 0 Å². The maximum Gasteiger partial charge on any atom is 0.253 e. The minimum atomic E-state index is -0.145. The van der Waals surface area contributed by atoms with Crippen LogP contribution >= 0.6 is 23.2 Å². The van der Waals surface area contributed by atoms with Crippen LogP contribution in [0.25, 0.3) is 0 Å². The van der Waals surface area contributed by atoms with Crippen LogP contribution in [0, 0.1) is 5.92 Å². The molecule has 1 aliphatic carbocycles. The Kier molecular flexibility index (Phi) is 6.12. The van der Waals surface area contributed by atoms with Crippen molar-refractivity contribution in [1.82, 2.24) is 9.80 Å². The lowest BCUT2D eigenvalue weighted by molar-refractivity contribution is -0.138. The molecule has 0 N–H and O–H groups in total. The average Bonchev–Trinajstić information content (AvgIpc) is 3.58. The summed E-state index contributed by atoms with van der Waals surface area (Å²) in [6.45, 7) is 1.76. The third-order valence-electron chi connectivity index (χ3n) is 5.69. The third-order valence-corrected chi connectivity index (χ3v) is 6.19. The van der Waals surface area contributed by atoms with E-state index in [1.54, 1.807) is 24.3 Å². The first kappa shape index (κ1) is 20.2. The lowest BCUT2D eigenvalue weighted by atomic mass is 9.95. The standard InChI is InChI=1S/C23H24Cl2N2O2/c24-19-7-3-16(4-8-19)14-27(21-11-12-21)23(29)18-2-1-13-26(15-18)22(28)17-5-9-20(25)10-6-17/h3-10,18,21H,1-2,11-15H2. The molecule has 1 heterocycles. The van der Waals surface area contributed by atoms with Crippen LogP contribution in [-0.2, 0) is 11.3 Å². The highest BCUT2D eigenvalue weighted by Crippen LogP contribution is 2.32. The maximum absolute atomic E-state index is 13.3. The maximum atomic E-state index is 13.3. The van der Waals surface area contributed by atoms with E-state index in [0.717, 1.165) is 31.2 Å². The van der Waals surface area contributed by atoms with Gasteiger partial charge in [0.25, 0.3) is 5.91 Å². The van der Waals surface area contributed by atoms with E-state index in [0.29, 0.717) is 41.3 Å². The molecule has 2 fully saturated rings. The summed E-state index contributed by atoms with van der Waals surface area (Å²) in [5.74, 6) is -0.0150. The van der Waals surface area contributed by atoms with Gasteiger partial charge in [-0.15, -0.1) is 0 Å². The van der Waals surface area contributed by atoms with Crippen LogP contribution in [0.3, 0.4) is 0 Å². The molecule has 0 aromatic heterocycles. The Balaban J connectivity index is 1.44. The van der Waals surface area contributed by atoms with Crippen LogP contribution in [0.2, 0.25) is 10.0 Å². The molecule has 1 aliphatic heterocycles. The summed E-state index contributed by atoms with van der Waals surface area (Å²) in [5.41, 5.74) is 1.70. The summed E-state index contributed by atoms with van der Waals surface area (Å²) in [6.07, 6.45) is 3.78. The molecule has 29 heavy (non-hydrogen) atoms. The third kappa shape index (κ3) is 4.93. The van der Waals surface area contributed by atoms with Gasteiger partial charge < -0.3 is 9.80 Å². The SMILES string of the molecule is O=C(c1ccc(Cl)cc1)N1CCCC(C(=O)N(Cc2ccc(Cl)cc2)C2CC2)C1. The highest BCUT2D eigenvalue weighted by atomic mass is 35.5. The van der Waals surface area contributed by atoms with Crippen LogP contribution in [0.4, 0.5) is 0 Å². The number of rotatable bonds is 5. The van der Waals surface area contributed by atoms with Gasteiger partial charge in [-0.1, -0.05) is 35.3 Å². The number of nitrogens with zero attached hydrogens (tertiary/aromatic N) is 2. The molecule has 4 nitrogen and oxygen atoms in total. The first-order chi connectivity index (χ1) is 14.0. The molecule has 152 valence electrons. The largest absolute Gasteiger partial charge is 0.338 e. The van der Waals surface area contributed by atoms with E-state index in [4.69, 9.17) is 23.2 Å². The molecule has 1 atom stereocenters. The monoisotopic (exact) mass is 430 g/mol. The predicted octanol–water partition coefficient (Wildman–Crippen LogP) is 5.04. The van der Waals surface area contributed by atoms with Crippen molar-refractivity contribution in [2.24, 2.45) is 5.92 Å². The van der Waals surface area contributed by atoms with Gasteiger partial charge in [0.15, 0.2) is 0 Å². The molecule has 2 amide bonds. The number of benzene rings is 2. The fourth-order valence-corrected chi connectivity index (χ4v) is 4.18. The first-order valence-corrected chi connectivity index (χ1v) is 10.9. The summed E-state index contributed by atoms with van der Waals surface area (Å²) in [5, 5.41) is 1.30. The molecule has 0 radical (unpaired) electrons. The minimum absolute atomic E-state index is 0.0326. The molecule has 2 aliphatic rings. The van der Waals surface area contributed by atoms with Crippen molar-refractivity contribution in [3.8, 4) is 0 Å². The van der Waals surface area contributed by atoms with Crippen LogP contribution in [0.15, 0.2) is 48.5 Å². The molecular weight excluding hydrogens is 407 g/mol. The van der Waals surface area contributed by atoms with Crippen molar-refractivity contribution in [3.05, 3.63) is 69.7 Å². The number of carbonyl (C=O) groups excluding carboxylic acids is 2. The molecule has 0 bridgehead atoms. The quantitative estimate of drug-likeness (QED) is 0.666. The summed E-state index contributed by atoms with van der Waals surface area (Å²) in [6, 6.07) is 14.9. The first-order valence-electron chi connectivity index (χ1n) is 10.1. The average molecular weight is 431 g/mol. The molecule has 2 aromatic rings. The van der Waals surface area contributed by atoms with E-state index in [9.17, 15) is 9.59 Å². The fourth-order valence-electron chi connectivity index (χ4n) is 3.93. The van der Waals surface area contributed by atoms with Crippen molar-refractivity contribution in [2.45, 2.75) is 38.3 Å². The number of halogens is 2. The predicted molar refractivity (Wildman–Crippen MR) is 115 cm³/mol. The highest BCUT2D eigenvalue weighted by molar-refractivity contribution is 6.30. The second kappa shape index (κ2) is 8.76. The zero-order chi connectivity index (χ0) is 20.4. The normalized spacial score (nSPS) is 19.1. The van der Waals surface area contributed by atoms with E-state index < -0.39 is 0 Å². The van der Waals surface area contributed by atoms with Gasteiger partial charge >= 0.3 is 0 Å². The number of likely N-dealkylation sites (tertiary alicyclic amines) is 1. The van der Waals surface area contributed by atoms with Crippen LogP contribution in [0.1, 0.15) is 41.6 Å². The van der Waals surface area contributed by atoms with Crippen LogP contribution < -0.4 is 0 Å². The Morgan fingerprint density at radius 2 is 1.55 bits per heavy atom. The smallest absolute Gasteiger partial charge is 0.253 e. The van der Waals surface area contributed by atoms with Gasteiger partial charge in [0.05, 0.1) is 5.92 Å². The van der Waals surface area contributed by atoms with E-state index in [-0.39, 0.29) is 17.7 Å². The zero-order valence-electron chi connectivity index (χ0n) is 16.2. The Morgan fingerprint density at radius 3 is 2.17 bits per heavy atom. The lowest BCUT2D eigenvalue weighted by Crippen LogP contribution is -2.47. The number of piperidine rings is 1. The molecule has 0 spiro atoms. The van der Waals surface area contributed by atoms with Crippen molar-refractivity contribution < 1.29 is 9.59 Å². The molecule has 1 saturated heterocycles. The van der Waals surface area contributed by atoms with Crippen LogP contribution in [0.5, 0.6) is 0 Å². The number of hydrogen-bond acceptors (Lipinski definition) is 2. The number of carbonyl (C=O) groups is 2. The molecular formula is C23H24Cl2N2O2. The van der Waals surface area contributed by atoms with Gasteiger partial charge in [-0.25, -0.2) is 0 Å². The summed E-state index contributed by atoms with van der Waals surface area (Å²) in [7, 11) is 0. The van der Waals surface area contributed by atoms with E-state index in [1.807, 2.05) is 34.1 Å². The summed E-state index contributed by atoms with van der Waals surface area (Å²) in [4.78, 5) is 30.0. The van der Waals surface area contributed by atoms with Gasteiger partial charge in [0.1, 0.15) is 0 Å². The van der Waals surface area contributed by atoms with E-state index in [2.05, 4.69) is 0 Å². The van der Waals surface area contributed by atoms with Gasteiger partial charge in [0.2, 0.25) is 5.91 Å². The Bertz CT molecular complexity index is 879. The molecule has 1 unspecified atom stereocenters. The van der Waals surface area contributed by atoms with E-state index >= 15 is 0 Å². The topological polar surface area (TPSA) is 40.6 Å². The Morgan fingerprint density at radius 1 is 0.931 bits per heavy atom. The van der Waals surface area contributed by atoms with Gasteiger partial charge in [-0.05, 0) is 67.6 Å². The summed E-state index contributed by atoms with van der Waals surface area (Å²) >= 11 is 11.9. The highest BCUT2D eigenvalue weighted by Gasteiger charge is 2.38. The number of hydrogen-bond donors (Lipinski definition) is 0. The lowest BCUT2D eigenvalue weighted by Gasteiger charge is -2.35. The molecule has 4 rings (SSSR count). The van der Waals surface area contributed by atoms with E-state index in [1.165, 1.54) is 0 Å².